The molecule has 2 fully saturated rings. The highest BCUT2D eigenvalue weighted by Crippen LogP contribution is 2.34. The number of nitrogens with zero attached hydrogens (tertiary/aromatic N) is 1. The van der Waals surface area contributed by atoms with Gasteiger partial charge in [0, 0.05) is 12.8 Å². The highest BCUT2D eigenvalue weighted by Gasteiger charge is 2.39. The molecule has 0 radical (unpaired) electrons. The van der Waals surface area contributed by atoms with Gasteiger partial charge in [0.1, 0.15) is 6.04 Å². The third-order valence-corrected chi connectivity index (χ3v) is 4.69. The smallest absolute Gasteiger partial charge is 0.417 e. The second-order valence-corrected chi connectivity index (χ2v) is 6.02. The van der Waals surface area contributed by atoms with E-state index in [0.29, 0.717) is 5.92 Å². The van der Waals surface area contributed by atoms with Crippen LogP contribution in [-0.4, -0.2) is 25.5 Å². The molecule has 1 saturated carbocycles. The zero-order valence-electron chi connectivity index (χ0n) is 12.7. The Bertz CT molecular complexity index is 493. The summed E-state index contributed by atoms with van der Waals surface area (Å²) in [5.74, 6) is 0.683. The van der Waals surface area contributed by atoms with Gasteiger partial charge in [-0.15, -0.1) is 0 Å². The Hall–Kier alpha value is -1.55. The van der Waals surface area contributed by atoms with Crippen LogP contribution < -0.4 is 4.90 Å². The molecule has 4 heteroatoms. The largest absolute Gasteiger partial charge is 0.417 e. The quantitative estimate of drug-likeness (QED) is 0.842. The number of hydrogen-bond acceptors (Lipinski definition) is 3. The molecule has 1 aliphatic carbocycles. The summed E-state index contributed by atoms with van der Waals surface area (Å²) in [5, 5.41) is 0. The third kappa shape index (κ3) is 2.77. The Kier molecular flexibility index (Phi) is 4.15. The number of carbonyl (C=O) groups is 1. The highest BCUT2D eigenvalue weighted by atomic mass is 16.7. The van der Waals surface area contributed by atoms with E-state index in [4.69, 9.17) is 9.47 Å². The SMILES string of the molecule is COC1OC(=O)N(c2ccc(C3CCCCC3)cc2)C1C. The number of methoxy groups -OCH3 is 1. The molecule has 0 spiro atoms. The number of anilines is 1. The average molecular weight is 289 g/mol. The lowest BCUT2D eigenvalue weighted by Crippen LogP contribution is -2.34. The fourth-order valence-electron chi connectivity index (χ4n) is 3.47. The van der Waals surface area contributed by atoms with E-state index >= 15 is 0 Å². The van der Waals surface area contributed by atoms with Gasteiger partial charge in [-0.2, -0.15) is 0 Å². The van der Waals surface area contributed by atoms with Gasteiger partial charge in [-0.25, -0.2) is 4.79 Å². The predicted octanol–water partition coefficient (Wildman–Crippen LogP) is 4.05. The van der Waals surface area contributed by atoms with Crippen LogP contribution in [0.1, 0.15) is 50.5 Å². The molecule has 1 aromatic rings. The molecular weight excluding hydrogens is 266 g/mol. The van der Waals surface area contributed by atoms with Crippen LogP contribution in [0.15, 0.2) is 24.3 Å². The van der Waals surface area contributed by atoms with Crippen molar-refractivity contribution in [2.75, 3.05) is 12.0 Å². The number of amides is 1. The standard InChI is InChI=1S/C17H23NO3/c1-12-16(20-2)21-17(19)18(12)15-10-8-14(9-11-15)13-6-4-3-5-7-13/h8-13,16H,3-7H2,1-2H3. The molecule has 1 heterocycles. The summed E-state index contributed by atoms with van der Waals surface area (Å²) >= 11 is 0. The Morgan fingerprint density at radius 3 is 2.38 bits per heavy atom. The van der Waals surface area contributed by atoms with Gasteiger partial charge in [0.15, 0.2) is 0 Å². The minimum absolute atomic E-state index is 0.108. The van der Waals surface area contributed by atoms with Crippen LogP contribution in [0.25, 0.3) is 0 Å². The molecular formula is C17H23NO3. The minimum atomic E-state index is -0.490. The van der Waals surface area contributed by atoms with Crippen molar-refractivity contribution >= 4 is 11.8 Å². The van der Waals surface area contributed by atoms with Crippen molar-refractivity contribution in [3.8, 4) is 0 Å². The second kappa shape index (κ2) is 6.06. The van der Waals surface area contributed by atoms with Gasteiger partial charge in [0.2, 0.25) is 6.29 Å². The number of cyclic esters (lactones) is 1. The highest BCUT2D eigenvalue weighted by molar-refractivity contribution is 5.90. The van der Waals surface area contributed by atoms with Gasteiger partial charge in [0.25, 0.3) is 0 Å². The van der Waals surface area contributed by atoms with Crippen LogP contribution in [0.5, 0.6) is 0 Å². The lowest BCUT2D eigenvalue weighted by Gasteiger charge is -2.24. The van der Waals surface area contributed by atoms with Crippen LogP contribution in [0.4, 0.5) is 10.5 Å². The summed E-state index contributed by atoms with van der Waals surface area (Å²) in [4.78, 5) is 13.6. The molecule has 1 aliphatic heterocycles. The maximum Gasteiger partial charge on any atom is 0.417 e. The first-order valence-electron chi connectivity index (χ1n) is 7.83. The van der Waals surface area contributed by atoms with Crippen molar-refractivity contribution in [1.29, 1.82) is 0 Å². The summed E-state index contributed by atoms with van der Waals surface area (Å²) in [5.41, 5.74) is 2.27. The minimum Gasteiger partial charge on any atom is -0.417 e. The summed E-state index contributed by atoms with van der Waals surface area (Å²) < 4.78 is 10.4. The molecule has 4 nitrogen and oxygen atoms in total. The van der Waals surface area contributed by atoms with E-state index in [1.165, 1.54) is 37.7 Å². The monoisotopic (exact) mass is 289 g/mol. The van der Waals surface area contributed by atoms with Crippen molar-refractivity contribution in [2.45, 2.75) is 57.3 Å². The van der Waals surface area contributed by atoms with Crippen molar-refractivity contribution in [1.82, 2.24) is 0 Å². The van der Waals surface area contributed by atoms with Crippen LogP contribution in [-0.2, 0) is 9.47 Å². The summed E-state index contributed by atoms with van der Waals surface area (Å²) in [6.45, 7) is 1.94. The molecule has 2 aliphatic rings. The Morgan fingerprint density at radius 2 is 1.81 bits per heavy atom. The molecule has 114 valence electrons. The molecule has 1 amide bonds. The zero-order chi connectivity index (χ0) is 14.8. The third-order valence-electron chi connectivity index (χ3n) is 4.69. The van der Waals surface area contributed by atoms with Crippen molar-refractivity contribution in [3.63, 3.8) is 0 Å². The maximum atomic E-state index is 12.0. The van der Waals surface area contributed by atoms with Crippen molar-refractivity contribution in [3.05, 3.63) is 29.8 Å². The van der Waals surface area contributed by atoms with Gasteiger partial charge in [0.05, 0.1) is 0 Å². The molecule has 2 unspecified atom stereocenters. The topological polar surface area (TPSA) is 38.8 Å². The number of rotatable bonds is 3. The normalized spacial score (nSPS) is 27.0. The van der Waals surface area contributed by atoms with Crippen LogP contribution in [0, 0.1) is 0 Å². The van der Waals surface area contributed by atoms with Crippen molar-refractivity contribution in [2.24, 2.45) is 0 Å². The number of hydrogen-bond donors (Lipinski definition) is 0. The van der Waals surface area contributed by atoms with Gasteiger partial charge in [-0.05, 0) is 43.4 Å². The van der Waals surface area contributed by atoms with E-state index in [1.807, 2.05) is 19.1 Å². The molecule has 1 aromatic carbocycles. The average Bonchev–Trinajstić information content (AvgIpc) is 2.82. The fourth-order valence-corrected chi connectivity index (χ4v) is 3.47. The Morgan fingerprint density at radius 1 is 1.14 bits per heavy atom. The zero-order valence-corrected chi connectivity index (χ0v) is 12.7. The molecule has 1 saturated heterocycles. The Balaban J connectivity index is 1.76. The molecule has 2 atom stereocenters. The summed E-state index contributed by atoms with van der Waals surface area (Å²) in [7, 11) is 1.56. The van der Waals surface area contributed by atoms with Gasteiger partial charge in [-0.1, -0.05) is 31.4 Å². The lowest BCUT2D eigenvalue weighted by molar-refractivity contribution is -0.0640. The second-order valence-electron chi connectivity index (χ2n) is 6.02. The van der Waals surface area contributed by atoms with Crippen LogP contribution in [0.3, 0.4) is 0 Å². The van der Waals surface area contributed by atoms with Crippen LogP contribution in [0.2, 0.25) is 0 Å². The van der Waals surface area contributed by atoms with Gasteiger partial charge in [-0.3, -0.25) is 4.90 Å². The van der Waals surface area contributed by atoms with E-state index in [1.54, 1.807) is 12.0 Å². The van der Waals surface area contributed by atoms with Crippen molar-refractivity contribution < 1.29 is 14.3 Å². The Labute approximate surface area is 126 Å². The summed E-state index contributed by atoms with van der Waals surface area (Å²) in [6, 6.07) is 8.26. The first-order valence-corrected chi connectivity index (χ1v) is 7.83. The maximum absolute atomic E-state index is 12.0. The van der Waals surface area contributed by atoms with E-state index in [0.717, 1.165) is 5.69 Å². The van der Waals surface area contributed by atoms with E-state index in [2.05, 4.69) is 12.1 Å². The van der Waals surface area contributed by atoms with E-state index < -0.39 is 6.29 Å². The lowest BCUT2D eigenvalue weighted by atomic mass is 9.84. The summed E-state index contributed by atoms with van der Waals surface area (Å²) in [6.07, 6.45) is 5.77. The molecule has 0 aromatic heterocycles. The van der Waals surface area contributed by atoms with Gasteiger partial charge < -0.3 is 9.47 Å². The number of ether oxygens (including phenoxy) is 2. The number of carbonyl (C=O) groups excluding carboxylic acids is 1. The fraction of sp³-hybridized carbons (Fsp3) is 0.588. The predicted molar refractivity (Wildman–Crippen MR) is 81.5 cm³/mol. The van der Waals surface area contributed by atoms with Gasteiger partial charge >= 0.3 is 6.09 Å². The molecule has 3 rings (SSSR count). The molecule has 0 N–H and O–H groups in total. The van der Waals surface area contributed by atoms with E-state index in [-0.39, 0.29) is 12.1 Å². The molecule has 0 bridgehead atoms. The number of benzene rings is 1. The first-order chi connectivity index (χ1) is 10.2. The van der Waals surface area contributed by atoms with E-state index in [9.17, 15) is 4.79 Å². The van der Waals surface area contributed by atoms with Crippen LogP contribution >= 0.6 is 0 Å². The first kappa shape index (κ1) is 14.4. The molecule has 21 heavy (non-hydrogen) atoms.